The van der Waals surface area contributed by atoms with E-state index in [2.05, 4.69) is 76.3 Å². The topological polar surface area (TPSA) is 53.1 Å². The zero-order valence-corrected chi connectivity index (χ0v) is 18.5. The first kappa shape index (κ1) is 20.9. The average molecular weight is 412 g/mol. The number of hydrogen-bond acceptors (Lipinski definition) is 3. The van der Waals surface area contributed by atoms with Crippen molar-refractivity contribution in [1.82, 2.24) is 9.55 Å². The monoisotopic (exact) mass is 411 g/mol. The van der Waals surface area contributed by atoms with Crippen LogP contribution >= 0.6 is 0 Å². The molecular weight excluding hydrogens is 382 g/mol. The van der Waals surface area contributed by atoms with E-state index in [9.17, 15) is 0 Å². The standard InChI is InChI=1S/C27H29N3O/c1-19(2)31-24-14-12-23(13-15-24)30-18-29-25-17-21(9-16-26(25)30)6-5-20-7-10-22(11-8-20)27(3,4)28/h5-19H,28H2,1-4H3. The molecule has 158 valence electrons. The maximum Gasteiger partial charge on any atom is 0.119 e. The third-order valence-corrected chi connectivity index (χ3v) is 5.18. The second-order valence-electron chi connectivity index (χ2n) is 8.70. The van der Waals surface area contributed by atoms with Crippen molar-refractivity contribution in [3.8, 4) is 11.4 Å². The van der Waals surface area contributed by atoms with Gasteiger partial charge in [-0.1, -0.05) is 42.5 Å². The fraction of sp³-hybridized carbons (Fsp3) is 0.222. The number of hydrogen-bond donors (Lipinski definition) is 1. The molecule has 3 aromatic carbocycles. The number of nitrogens with two attached hydrogens (primary N) is 1. The van der Waals surface area contributed by atoms with Crippen molar-refractivity contribution in [3.63, 3.8) is 0 Å². The molecule has 0 aliphatic heterocycles. The quantitative estimate of drug-likeness (QED) is 0.386. The van der Waals surface area contributed by atoms with Crippen molar-refractivity contribution in [2.24, 2.45) is 5.73 Å². The number of imidazole rings is 1. The van der Waals surface area contributed by atoms with Crippen molar-refractivity contribution in [3.05, 3.63) is 89.7 Å². The van der Waals surface area contributed by atoms with Gasteiger partial charge >= 0.3 is 0 Å². The summed E-state index contributed by atoms with van der Waals surface area (Å²) in [4.78, 5) is 4.60. The highest BCUT2D eigenvalue weighted by atomic mass is 16.5. The first-order valence-corrected chi connectivity index (χ1v) is 10.6. The van der Waals surface area contributed by atoms with Crippen LogP contribution in [0.5, 0.6) is 5.75 Å². The molecule has 0 amide bonds. The second kappa shape index (κ2) is 8.40. The zero-order chi connectivity index (χ0) is 22.0. The van der Waals surface area contributed by atoms with E-state index in [1.54, 1.807) is 0 Å². The third kappa shape index (κ3) is 4.86. The van der Waals surface area contributed by atoms with Crippen LogP contribution < -0.4 is 10.5 Å². The fourth-order valence-corrected chi connectivity index (χ4v) is 3.51. The first-order chi connectivity index (χ1) is 14.8. The number of nitrogens with zero attached hydrogens (tertiary/aromatic N) is 2. The van der Waals surface area contributed by atoms with Crippen LogP contribution in [0, 0.1) is 0 Å². The summed E-state index contributed by atoms with van der Waals surface area (Å²) in [5.74, 6) is 0.874. The summed E-state index contributed by atoms with van der Waals surface area (Å²) in [7, 11) is 0. The summed E-state index contributed by atoms with van der Waals surface area (Å²) in [5, 5.41) is 0. The lowest BCUT2D eigenvalue weighted by Gasteiger charge is -2.18. The molecule has 4 aromatic rings. The summed E-state index contributed by atoms with van der Waals surface area (Å²) in [5.41, 5.74) is 12.3. The van der Waals surface area contributed by atoms with Gasteiger partial charge in [-0.05, 0) is 80.8 Å². The molecule has 0 radical (unpaired) electrons. The van der Waals surface area contributed by atoms with Crippen LogP contribution in [0.25, 0.3) is 28.9 Å². The molecule has 4 heteroatoms. The van der Waals surface area contributed by atoms with E-state index in [1.807, 2.05) is 46.2 Å². The van der Waals surface area contributed by atoms with Gasteiger partial charge in [0, 0.05) is 11.2 Å². The van der Waals surface area contributed by atoms with Gasteiger partial charge in [-0.15, -0.1) is 0 Å². The molecule has 0 aliphatic rings. The average Bonchev–Trinajstić information content (AvgIpc) is 3.15. The molecule has 2 N–H and O–H groups in total. The Morgan fingerprint density at radius 3 is 2.19 bits per heavy atom. The van der Waals surface area contributed by atoms with Gasteiger partial charge in [0.2, 0.25) is 0 Å². The Morgan fingerprint density at radius 2 is 1.55 bits per heavy atom. The van der Waals surface area contributed by atoms with Crippen molar-refractivity contribution in [2.75, 3.05) is 0 Å². The van der Waals surface area contributed by atoms with Crippen molar-refractivity contribution >= 4 is 23.2 Å². The van der Waals surface area contributed by atoms with Crippen LogP contribution in [-0.4, -0.2) is 15.7 Å². The summed E-state index contributed by atoms with van der Waals surface area (Å²) in [6.45, 7) is 8.08. The molecule has 0 aliphatic carbocycles. The van der Waals surface area contributed by atoms with Crippen LogP contribution in [0.4, 0.5) is 0 Å². The van der Waals surface area contributed by atoms with Gasteiger partial charge in [0.25, 0.3) is 0 Å². The van der Waals surface area contributed by atoms with Gasteiger partial charge in [0.1, 0.15) is 12.1 Å². The van der Waals surface area contributed by atoms with Crippen LogP contribution in [-0.2, 0) is 5.54 Å². The van der Waals surface area contributed by atoms with Crippen LogP contribution in [0.15, 0.2) is 73.1 Å². The summed E-state index contributed by atoms with van der Waals surface area (Å²) in [6.07, 6.45) is 6.25. The Morgan fingerprint density at radius 1 is 0.903 bits per heavy atom. The normalized spacial score (nSPS) is 12.2. The molecular formula is C27H29N3O. The van der Waals surface area contributed by atoms with Gasteiger partial charge in [0.05, 0.1) is 17.1 Å². The molecule has 1 aromatic heterocycles. The maximum atomic E-state index is 6.16. The van der Waals surface area contributed by atoms with Crippen molar-refractivity contribution < 1.29 is 4.74 Å². The molecule has 1 heterocycles. The van der Waals surface area contributed by atoms with Crippen LogP contribution in [0.2, 0.25) is 0 Å². The molecule has 4 rings (SSSR count). The number of aromatic nitrogens is 2. The van der Waals surface area contributed by atoms with Gasteiger partial charge in [0.15, 0.2) is 0 Å². The number of ether oxygens (including phenoxy) is 1. The minimum atomic E-state index is -0.326. The Bertz CT molecular complexity index is 1190. The SMILES string of the molecule is CC(C)Oc1ccc(-n2cnc3cc(C=Cc4ccc(C(C)(C)N)cc4)ccc32)cc1. The lowest BCUT2D eigenvalue weighted by molar-refractivity contribution is 0.242. The molecule has 31 heavy (non-hydrogen) atoms. The molecule has 0 unspecified atom stereocenters. The first-order valence-electron chi connectivity index (χ1n) is 10.6. The van der Waals surface area contributed by atoms with E-state index in [4.69, 9.17) is 10.5 Å². The van der Waals surface area contributed by atoms with E-state index in [0.717, 1.165) is 39.2 Å². The molecule has 0 saturated carbocycles. The Labute approximate surface area is 184 Å². The van der Waals surface area contributed by atoms with E-state index < -0.39 is 0 Å². The lowest BCUT2D eigenvalue weighted by atomic mass is 9.95. The van der Waals surface area contributed by atoms with E-state index in [-0.39, 0.29) is 11.6 Å². The van der Waals surface area contributed by atoms with Crippen molar-refractivity contribution in [2.45, 2.75) is 39.3 Å². The molecule has 0 saturated heterocycles. The van der Waals surface area contributed by atoms with Gasteiger partial charge < -0.3 is 10.5 Å². The largest absolute Gasteiger partial charge is 0.491 e. The Kier molecular flexibility index (Phi) is 5.66. The lowest BCUT2D eigenvalue weighted by Crippen LogP contribution is -2.28. The minimum absolute atomic E-state index is 0.164. The highest BCUT2D eigenvalue weighted by Gasteiger charge is 2.12. The number of rotatable bonds is 6. The predicted molar refractivity (Wildman–Crippen MR) is 129 cm³/mol. The highest BCUT2D eigenvalue weighted by Crippen LogP contribution is 2.23. The Hall–Kier alpha value is -3.37. The third-order valence-electron chi connectivity index (χ3n) is 5.18. The summed E-state index contributed by atoms with van der Waals surface area (Å²) < 4.78 is 7.83. The zero-order valence-electron chi connectivity index (χ0n) is 18.5. The van der Waals surface area contributed by atoms with E-state index in [1.165, 1.54) is 0 Å². The summed E-state index contributed by atoms with van der Waals surface area (Å²) in [6, 6.07) is 22.8. The molecule has 0 bridgehead atoms. The van der Waals surface area contributed by atoms with Crippen LogP contribution in [0.1, 0.15) is 44.4 Å². The second-order valence-corrected chi connectivity index (χ2v) is 8.70. The molecule has 0 fully saturated rings. The summed E-state index contributed by atoms with van der Waals surface area (Å²) >= 11 is 0. The van der Waals surface area contributed by atoms with E-state index in [0.29, 0.717) is 0 Å². The van der Waals surface area contributed by atoms with Gasteiger partial charge in [-0.25, -0.2) is 4.98 Å². The van der Waals surface area contributed by atoms with Crippen LogP contribution in [0.3, 0.4) is 0 Å². The van der Waals surface area contributed by atoms with Gasteiger partial charge in [-0.3, -0.25) is 4.57 Å². The maximum absolute atomic E-state index is 6.16. The smallest absolute Gasteiger partial charge is 0.119 e. The highest BCUT2D eigenvalue weighted by molar-refractivity contribution is 5.82. The van der Waals surface area contributed by atoms with Gasteiger partial charge in [-0.2, -0.15) is 0 Å². The molecule has 0 spiro atoms. The number of benzene rings is 3. The number of fused-ring (bicyclic) bond motifs is 1. The van der Waals surface area contributed by atoms with Crippen molar-refractivity contribution in [1.29, 1.82) is 0 Å². The molecule has 4 nitrogen and oxygen atoms in total. The van der Waals surface area contributed by atoms with E-state index >= 15 is 0 Å². The molecule has 0 atom stereocenters. The Balaban J connectivity index is 1.54. The minimum Gasteiger partial charge on any atom is -0.491 e. The predicted octanol–water partition coefficient (Wildman–Crippen LogP) is 6.18. The fourth-order valence-electron chi connectivity index (χ4n) is 3.51.